The van der Waals surface area contributed by atoms with E-state index in [2.05, 4.69) is 43.1 Å². The van der Waals surface area contributed by atoms with Crippen LogP contribution in [0.4, 0.5) is 40.3 Å². The Morgan fingerprint density at radius 1 is 0.494 bits per heavy atom. The van der Waals surface area contributed by atoms with Crippen LogP contribution in [0.25, 0.3) is 49.8 Å². The first kappa shape index (κ1) is 57.9. The highest BCUT2D eigenvalue weighted by atomic mass is 16.1. The molecule has 0 spiro atoms. The maximum absolute atomic E-state index is 12.6. The number of primary amides is 1. The lowest BCUT2D eigenvalue weighted by molar-refractivity contribution is 0.0995. The van der Waals surface area contributed by atoms with Gasteiger partial charge in [0.1, 0.15) is 34.7 Å². The van der Waals surface area contributed by atoms with Gasteiger partial charge in [0, 0.05) is 77.0 Å². The third-order valence-electron chi connectivity index (χ3n) is 12.5. The van der Waals surface area contributed by atoms with E-state index in [1.165, 1.54) is 24.7 Å². The first-order chi connectivity index (χ1) is 40.6. The predicted octanol–water partition coefficient (Wildman–Crippen LogP) is 13.3. The monoisotopic (exact) mass is 1100 g/mol. The van der Waals surface area contributed by atoms with Gasteiger partial charge in [0.2, 0.25) is 0 Å². The summed E-state index contributed by atoms with van der Waals surface area (Å²) in [5, 5.41) is 11.3. The van der Waals surface area contributed by atoms with Gasteiger partial charge in [0.25, 0.3) is 5.91 Å². The Kier molecular flexibility index (Phi) is 19.6. The fourth-order valence-corrected chi connectivity index (χ4v) is 8.87. The number of amides is 1. The second-order valence-corrected chi connectivity index (χ2v) is 17.8. The maximum Gasteiger partial charge on any atom is 0.267 e. The number of carbonyl (C=O) groups is 2. The van der Waals surface area contributed by atoms with Crippen molar-refractivity contribution in [2.24, 2.45) is 5.73 Å². The lowest BCUT2D eigenvalue weighted by Gasteiger charge is -2.19. The first-order valence-electron chi connectivity index (χ1n) is 26.9. The third-order valence-corrected chi connectivity index (χ3v) is 12.5. The zero-order chi connectivity index (χ0) is 58.7. The molecule has 0 atom stereocenters. The van der Waals surface area contributed by atoms with Crippen molar-refractivity contribution in [2.75, 3.05) is 21.7 Å². The molecule has 1 amide bonds. The molecule has 0 unspecified atom stereocenters. The normalized spacial score (nSPS) is 11.2. The highest BCUT2D eigenvalue weighted by molar-refractivity contribution is 5.95. The molecule has 16 heteroatoms. The molecule has 414 valence electrons. The van der Waals surface area contributed by atoms with Crippen molar-refractivity contribution in [3.05, 3.63) is 279 Å². The van der Waals surface area contributed by atoms with Crippen LogP contribution in [0.3, 0.4) is 0 Å². The Morgan fingerprint density at radius 3 is 1.34 bits per heavy atom. The van der Waals surface area contributed by atoms with E-state index < -0.39 is 5.91 Å². The largest absolute Gasteiger partial charge is 0.384 e. The molecule has 11 aromatic rings. The summed E-state index contributed by atoms with van der Waals surface area (Å²) < 4.78 is 5.78. The minimum absolute atomic E-state index is 0.100. The molecule has 6 heterocycles. The van der Waals surface area contributed by atoms with Crippen LogP contribution in [-0.2, 0) is 0 Å². The number of nitrogens with two attached hydrogens (primary N) is 2. The summed E-state index contributed by atoms with van der Waals surface area (Å²) in [5.41, 5.74) is 18.4. The van der Waals surface area contributed by atoms with Gasteiger partial charge >= 0.3 is 0 Å². The molecule has 83 heavy (non-hydrogen) atoms. The molecule has 0 bridgehead atoms. The molecule has 16 nitrogen and oxygen atoms in total. The number of benzene rings is 5. The molecule has 0 aliphatic heterocycles. The van der Waals surface area contributed by atoms with Gasteiger partial charge < -0.3 is 27.4 Å². The van der Waals surface area contributed by atoms with Crippen molar-refractivity contribution in [1.29, 1.82) is 0 Å². The van der Waals surface area contributed by atoms with E-state index in [0.717, 1.165) is 46.1 Å². The molecule has 6 aromatic heterocycles. The molecule has 1 aliphatic rings. The Balaban J connectivity index is 0.000000158. The topological polar surface area (TPSA) is 227 Å². The van der Waals surface area contributed by atoms with Gasteiger partial charge in [-0.05, 0) is 91.4 Å². The van der Waals surface area contributed by atoms with Crippen LogP contribution in [0.5, 0.6) is 0 Å². The highest BCUT2D eigenvalue weighted by Crippen LogP contribution is 2.29. The molecular formula is C67H61N11O5. The van der Waals surface area contributed by atoms with E-state index in [0.29, 0.717) is 56.7 Å². The van der Waals surface area contributed by atoms with Crippen LogP contribution >= 0.6 is 0 Å². The van der Waals surface area contributed by atoms with Crippen LogP contribution in [0, 0.1) is 0 Å². The number of nitrogens with one attached hydrogen (secondary N) is 3. The van der Waals surface area contributed by atoms with Gasteiger partial charge in [-0.3, -0.25) is 47.6 Å². The van der Waals surface area contributed by atoms with Crippen molar-refractivity contribution >= 4 is 90.9 Å². The summed E-state index contributed by atoms with van der Waals surface area (Å²) >= 11 is 0. The predicted molar refractivity (Wildman–Crippen MR) is 338 cm³/mol. The number of rotatable bonds is 11. The van der Waals surface area contributed by atoms with Crippen LogP contribution in [0.15, 0.2) is 251 Å². The van der Waals surface area contributed by atoms with Crippen LogP contribution in [-0.4, -0.2) is 40.8 Å². The van der Waals surface area contributed by atoms with Crippen molar-refractivity contribution in [3.8, 4) is 11.4 Å². The highest BCUT2D eigenvalue weighted by Gasteiger charge is 2.17. The zero-order valence-electron chi connectivity index (χ0n) is 46.2. The van der Waals surface area contributed by atoms with E-state index in [4.69, 9.17) is 11.5 Å². The number of hydrogen-bond donors (Lipinski definition) is 5. The second kappa shape index (κ2) is 28.1. The second-order valence-electron chi connectivity index (χ2n) is 17.8. The number of allylic oxidation sites excluding steroid dienone is 6. The quantitative estimate of drug-likeness (QED) is 0.0762. The standard InChI is InChI=1S/C21H16N4O2.C21H18N4O.C21H15N3O2.2C2H6/c22-21(27)17-11-18-16(13-23-17)19(26)12-20(24-14-7-3-1-4-8-14)25(18)15-9-5-2-6-10-15;22-20-12-18-17(14-23-20)19(26)13-21(24-15-8-4-3-5-9-15)25(18)16-10-6-1-2-7-11-16;25-14-16-11-19-18(13-22-16)20(26)12-21(23-15-7-3-1-4-8-15)24(19)17-9-5-2-6-10-17;2*1-2/h1-13,24H,(H2,22,27);1,3-14,24H,2H2,(H2,22,23);1-14,23H;2*1-2H3. The van der Waals surface area contributed by atoms with Gasteiger partial charge in [-0.15, -0.1) is 0 Å². The fourth-order valence-electron chi connectivity index (χ4n) is 8.87. The summed E-state index contributed by atoms with van der Waals surface area (Å²) in [7, 11) is 0. The number of nitrogens with zero attached hydrogens (tertiary/aromatic N) is 6. The van der Waals surface area contributed by atoms with Gasteiger partial charge in [-0.25, -0.2) is 4.98 Å². The Bertz CT molecular complexity index is 4320. The number of pyridine rings is 6. The average molecular weight is 1100 g/mol. The summed E-state index contributed by atoms with van der Waals surface area (Å²) in [6.07, 6.45) is 16.1. The number of aldehydes is 1. The minimum Gasteiger partial charge on any atom is -0.384 e. The van der Waals surface area contributed by atoms with Crippen LogP contribution in [0.1, 0.15) is 55.1 Å². The van der Waals surface area contributed by atoms with Gasteiger partial charge in [0.05, 0.1) is 32.7 Å². The summed E-state index contributed by atoms with van der Waals surface area (Å²) in [6, 6.07) is 57.7. The van der Waals surface area contributed by atoms with Gasteiger partial charge in [-0.1, -0.05) is 137 Å². The van der Waals surface area contributed by atoms with Crippen molar-refractivity contribution in [1.82, 2.24) is 28.7 Å². The van der Waals surface area contributed by atoms with E-state index in [1.54, 1.807) is 30.3 Å². The molecule has 0 fully saturated rings. The molecule has 0 radical (unpaired) electrons. The zero-order valence-corrected chi connectivity index (χ0v) is 46.2. The lowest BCUT2D eigenvalue weighted by Crippen LogP contribution is -2.16. The molecule has 7 N–H and O–H groups in total. The maximum atomic E-state index is 12.6. The average Bonchev–Trinajstić information content (AvgIpc) is 3.73. The number of hydrogen-bond acceptors (Lipinski definition) is 12. The molecule has 12 rings (SSSR count). The Hall–Kier alpha value is -11.3. The molecule has 0 saturated carbocycles. The SMILES string of the molecule is CC.CC.NC(=O)c1cc2c(cn1)c(=O)cc(Nc1ccccc1)n2-c1ccccc1.Nc1cc2c(cn1)c(=O)cc(Nc1ccccc1)n2C1=CC=CCC=C1.O=Cc1cc2c(cn1)c(=O)cc(Nc1ccccc1)n2-c1ccccc1. The van der Waals surface area contributed by atoms with E-state index >= 15 is 0 Å². The van der Waals surface area contributed by atoms with Crippen molar-refractivity contribution in [3.63, 3.8) is 0 Å². The number of fused-ring (bicyclic) bond motifs is 3. The summed E-state index contributed by atoms with van der Waals surface area (Å²) in [5.74, 6) is 1.58. The fraction of sp³-hybridized carbons (Fsp3) is 0.0746. The van der Waals surface area contributed by atoms with E-state index in [-0.39, 0.29) is 27.7 Å². The number of para-hydroxylation sites is 5. The summed E-state index contributed by atoms with van der Waals surface area (Å²) in [6.45, 7) is 8.00. The summed E-state index contributed by atoms with van der Waals surface area (Å²) in [4.78, 5) is 72.8. The Morgan fingerprint density at radius 2 is 0.892 bits per heavy atom. The smallest absolute Gasteiger partial charge is 0.267 e. The number of anilines is 7. The van der Waals surface area contributed by atoms with Gasteiger partial charge in [-0.2, -0.15) is 0 Å². The van der Waals surface area contributed by atoms with E-state index in [9.17, 15) is 24.0 Å². The molecule has 0 saturated heterocycles. The van der Waals surface area contributed by atoms with Crippen LogP contribution in [0.2, 0.25) is 0 Å². The first-order valence-corrected chi connectivity index (χ1v) is 26.9. The molecule has 1 aliphatic carbocycles. The molecule has 5 aromatic carbocycles. The number of nitrogen functional groups attached to an aromatic ring is 1. The van der Waals surface area contributed by atoms with E-state index in [1.807, 2.05) is 211 Å². The lowest BCUT2D eigenvalue weighted by atomic mass is 10.2. The Labute approximate surface area is 479 Å². The van der Waals surface area contributed by atoms with Crippen molar-refractivity contribution in [2.45, 2.75) is 34.1 Å². The number of aromatic nitrogens is 6. The third kappa shape index (κ3) is 14.0. The number of carbonyl (C=O) groups excluding carboxylic acids is 2. The molecular weight excluding hydrogens is 1040 g/mol. The van der Waals surface area contributed by atoms with Crippen LogP contribution < -0.4 is 43.7 Å². The minimum atomic E-state index is -0.648. The van der Waals surface area contributed by atoms with Gasteiger partial charge in [0.15, 0.2) is 22.6 Å². The van der Waals surface area contributed by atoms with Crippen molar-refractivity contribution < 1.29 is 9.59 Å².